The lowest BCUT2D eigenvalue weighted by molar-refractivity contribution is -0.384. The van der Waals surface area contributed by atoms with E-state index in [4.69, 9.17) is 9.47 Å². The SMILES string of the molecule is Cn1nc(-c2ccc3c(c2)OCO3)c2cc([N+](=O)[O-])ccc21. The molecule has 1 aliphatic rings. The molecule has 4 rings (SSSR count). The summed E-state index contributed by atoms with van der Waals surface area (Å²) < 4.78 is 12.4. The van der Waals surface area contributed by atoms with E-state index in [1.807, 2.05) is 25.2 Å². The molecule has 0 spiro atoms. The van der Waals surface area contributed by atoms with Crippen LogP contribution < -0.4 is 9.47 Å². The molecule has 0 saturated heterocycles. The summed E-state index contributed by atoms with van der Waals surface area (Å²) in [6.07, 6.45) is 0. The van der Waals surface area contributed by atoms with Crippen LogP contribution in [0, 0.1) is 10.1 Å². The van der Waals surface area contributed by atoms with Crippen LogP contribution in [0.4, 0.5) is 5.69 Å². The van der Waals surface area contributed by atoms with E-state index in [-0.39, 0.29) is 12.5 Å². The Balaban J connectivity index is 1.94. The molecule has 3 aromatic rings. The van der Waals surface area contributed by atoms with Gasteiger partial charge in [0.25, 0.3) is 5.69 Å². The van der Waals surface area contributed by atoms with Gasteiger partial charge in [0.05, 0.1) is 10.4 Å². The van der Waals surface area contributed by atoms with Gasteiger partial charge in [-0.15, -0.1) is 0 Å². The third-order valence-corrected chi connectivity index (χ3v) is 3.69. The van der Waals surface area contributed by atoms with E-state index in [0.29, 0.717) is 17.2 Å². The van der Waals surface area contributed by atoms with Crippen molar-refractivity contribution in [3.8, 4) is 22.8 Å². The Morgan fingerprint density at radius 1 is 1.18 bits per heavy atom. The van der Waals surface area contributed by atoms with Gasteiger partial charge in [-0.25, -0.2) is 0 Å². The Morgan fingerprint density at radius 2 is 2.00 bits per heavy atom. The van der Waals surface area contributed by atoms with Crippen LogP contribution in [-0.4, -0.2) is 21.5 Å². The second-order valence-corrected chi connectivity index (χ2v) is 5.00. The number of aryl methyl sites for hydroxylation is 1. The molecule has 0 aliphatic carbocycles. The number of hydrogen-bond donors (Lipinski definition) is 0. The van der Waals surface area contributed by atoms with Gasteiger partial charge in [0.2, 0.25) is 6.79 Å². The zero-order chi connectivity index (χ0) is 15.3. The number of nitro groups is 1. The maximum atomic E-state index is 11.0. The minimum absolute atomic E-state index is 0.0440. The first-order chi connectivity index (χ1) is 10.6. The van der Waals surface area contributed by atoms with Crippen molar-refractivity contribution in [2.75, 3.05) is 6.79 Å². The third-order valence-electron chi connectivity index (χ3n) is 3.69. The smallest absolute Gasteiger partial charge is 0.270 e. The Hall–Kier alpha value is -3.09. The fourth-order valence-corrected chi connectivity index (χ4v) is 2.62. The molecule has 7 nitrogen and oxygen atoms in total. The number of nitro benzene ring substituents is 1. The number of fused-ring (bicyclic) bond motifs is 2. The summed E-state index contributed by atoms with van der Waals surface area (Å²) in [5.74, 6) is 1.34. The van der Waals surface area contributed by atoms with Crippen molar-refractivity contribution < 1.29 is 14.4 Å². The molecular formula is C15H11N3O4. The lowest BCUT2D eigenvalue weighted by Gasteiger charge is -2.00. The highest BCUT2D eigenvalue weighted by Crippen LogP contribution is 2.38. The largest absolute Gasteiger partial charge is 0.454 e. The van der Waals surface area contributed by atoms with E-state index in [1.165, 1.54) is 6.07 Å². The Morgan fingerprint density at radius 3 is 2.82 bits per heavy atom. The normalized spacial score (nSPS) is 12.8. The van der Waals surface area contributed by atoms with Gasteiger partial charge in [-0.1, -0.05) is 0 Å². The van der Waals surface area contributed by atoms with Gasteiger partial charge >= 0.3 is 0 Å². The third kappa shape index (κ3) is 1.79. The summed E-state index contributed by atoms with van der Waals surface area (Å²) in [5.41, 5.74) is 2.38. The van der Waals surface area contributed by atoms with Gasteiger partial charge in [-0.3, -0.25) is 14.8 Å². The topological polar surface area (TPSA) is 79.4 Å². The first-order valence-corrected chi connectivity index (χ1v) is 6.64. The summed E-state index contributed by atoms with van der Waals surface area (Å²) in [4.78, 5) is 10.6. The second kappa shape index (κ2) is 4.45. The average molecular weight is 297 g/mol. The molecule has 110 valence electrons. The predicted molar refractivity (Wildman–Crippen MR) is 78.9 cm³/mol. The van der Waals surface area contributed by atoms with Crippen LogP contribution in [0.2, 0.25) is 0 Å². The van der Waals surface area contributed by atoms with Crippen molar-refractivity contribution >= 4 is 16.6 Å². The van der Waals surface area contributed by atoms with E-state index in [2.05, 4.69) is 5.10 Å². The first-order valence-electron chi connectivity index (χ1n) is 6.64. The van der Waals surface area contributed by atoms with Crippen LogP contribution in [-0.2, 0) is 7.05 Å². The van der Waals surface area contributed by atoms with Crippen LogP contribution in [0.15, 0.2) is 36.4 Å². The van der Waals surface area contributed by atoms with E-state index < -0.39 is 4.92 Å². The molecule has 0 amide bonds. The maximum Gasteiger partial charge on any atom is 0.270 e. The van der Waals surface area contributed by atoms with Crippen molar-refractivity contribution in [3.63, 3.8) is 0 Å². The minimum atomic E-state index is -0.407. The van der Waals surface area contributed by atoms with E-state index >= 15 is 0 Å². The molecule has 22 heavy (non-hydrogen) atoms. The van der Waals surface area contributed by atoms with Crippen LogP contribution in [0.3, 0.4) is 0 Å². The molecule has 7 heteroatoms. The molecule has 1 aliphatic heterocycles. The monoisotopic (exact) mass is 297 g/mol. The molecule has 0 saturated carbocycles. The number of non-ortho nitro benzene ring substituents is 1. The molecule has 0 unspecified atom stereocenters. The van der Waals surface area contributed by atoms with Crippen molar-refractivity contribution in [1.29, 1.82) is 0 Å². The molecule has 0 fully saturated rings. The molecular weight excluding hydrogens is 286 g/mol. The van der Waals surface area contributed by atoms with Crippen molar-refractivity contribution in [1.82, 2.24) is 9.78 Å². The van der Waals surface area contributed by atoms with E-state index in [1.54, 1.807) is 16.8 Å². The maximum absolute atomic E-state index is 11.0. The summed E-state index contributed by atoms with van der Waals surface area (Å²) in [6, 6.07) is 10.2. The number of nitrogens with zero attached hydrogens (tertiary/aromatic N) is 3. The highest BCUT2D eigenvalue weighted by atomic mass is 16.7. The average Bonchev–Trinajstić information content (AvgIpc) is 3.10. The van der Waals surface area contributed by atoms with Crippen LogP contribution >= 0.6 is 0 Å². The van der Waals surface area contributed by atoms with Crippen LogP contribution in [0.25, 0.3) is 22.2 Å². The van der Waals surface area contributed by atoms with Crippen molar-refractivity contribution in [2.45, 2.75) is 0 Å². The fraction of sp³-hybridized carbons (Fsp3) is 0.133. The van der Waals surface area contributed by atoms with Crippen LogP contribution in [0.1, 0.15) is 0 Å². The van der Waals surface area contributed by atoms with Gasteiger partial charge < -0.3 is 9.47 Å². The van der Waals surface area contributed by atoms with Crippen molar-refractivity contribution in [3.05, 3.63) is 46.5 Å². The van der Waals surface area contributed by atoms with E-state index in [0.717, 1.165) is 16.5 Å². The Labute approximate surface area is 124 Å². The molecule has 2 heterocycles. The summed E-state index contributed by atoms with van der Waals surface area (Å²) in [6.45, 7) is 0.202. The number of hydrogen-bond acceptors (Lipinski definition) is 5. The zero-order valence-electron chi connectivity index (χ0n) is 11.6. The lowest BCUT2D eigenvalue weighted by atomic mass is 10.1. The van der Waals surface area contributed by atoms with Crippen molar-refractivity contribution in [2.24, 2.45) is 7.05 Å². The Bertz CT molecular complexity index is 917. The van der Waals surface area contributed by atoms with Gasteiger partial charge in [0.1, 0.15) is 5.69 Å². The first kappa shape index (κ1) is 12.6. The molecule has 1 aromatic heterocycles. The molecule has 0 atom stereocenters. The number of ether oxygens (including phenoxy) is 2. The van der Waals surface area contributed by atoms with Crippen LogP contribution in [0.5, 0.6) is 11.5 Å². The summed E-state index contributed by atoms with van der Waals surface area (Å²) in [7, 11) is 1.81. The van der Waals surface area contributed by atoms with Gasteiger partial charge in [0.15, 0.2) is 11.5 Å². The molecule has 0 bridgehead atoms. The summed E-state index contributed by atoms with van der Waals surface area (Å²) >= 11 is 0. The number of aromatic nitrogens is 2. The number of benzene rings is 2. The summed E-state index contributed by atoms with van der Waals surface area (Å²) in [5, 5.41) is 16.2. The van der Waals surface area contributed by atoms with Gasteiger partial charge in [-0.05, 0) is 24.3 Å². The molecule has 0 N–H and O–H groups in total. The predicted octanol–water partition coefficient (Wildman–Crippen LogP) is 2.88. The number of rotatable bonds is 2. The minimum Gasteiger partial charge on any atom is -0.454 e. The molecule has 2 aromatic carbocycles. The zero-order valence-corrected chi connectivity index (χ0v) is 11.6. The fourth-order valence-electron chi connectivity index (χ4n) is 2.62. The quantitative estimate of drug-likeness (QED) is 0.536. The Kier molecular flexibility index (Phi) is 2.56. The molecule has 0 radical (unpaired) electrons. The highest BCUT2D eigenvalue weighted by Gasteiger charge is 2.18. The highest BCUT2D eigenvalue weighted by molar-refractivity contribution is 5.95. The van der Waals surface area contributed by atoms with Gasteiger partial charge in [-0.2, -0.15) is 5.10 Å². The lowest BCUT2D eigenvalue weighted by Crippen LogP contribution is -1.92. The standard InChI is InChI=1S/C15H11N3O4/c1-17-12-4-3-10(18(19)20)7-11(12)15(16-17)9-2-5-13-14(6-9)22-8-21-13/h2-7H,8H2,1H3. The van der Waals surface area contributed by atoms with E-state index in [9.17, 15) is 10.1 Å². The second-order valence-electron chi connectivity index (χ2n) is 5.00. The van der Waals surface area contributed by atoms with Gasteiger partial charge in [0, 0.05) is 30.1 Å².